The molecular formula is C21H20ClN3O. The molecule has 1 heterocycles. The normalized spacial score (nSPS) is 13.6. The van der Waals surface area contributed by atoms with Gasteiger partial charge in [-0.05, 0) is 36.5 Å². The lowest BCUT2D eigenvalue weighted by atomic mass is 10.1. The minimum absolute atomic E-state index is 0.0684. The van der Waals surface area contributed by atoms with Crippen molar-refractivity contribution in [1.29, 1.82) is 0 Å². The van der Waals surface area contributed by atoms with Crippen molar-refractivity contribution < 1.29 is 4.79 Å². The smallest absolute Gasteiger partial charge is 0.255 e. The largest absolute Gasteiger partial charge is 0.352 e. The number of benzene rings is 2. The van der Waals surface area contributed by atoms with E-state index in [0.717, 1.165) is 17.7 Å². The molecular weight excluding hydrogens is 346 g/mol. The number of carbonyl (C=O) groups excluding carboxylic acids is 1. The quantitative estimate of drug-likeness (QED) is 0.704. The molecule has 2 aromatic carbocycles. The van der Waals surface area contributed by atoms with Gasteiger partial charge in [-0.25, -0.2) is 0 Å². The van der Waals surface area contributed by atoms with Crippen molar-refractivity contribution in [1.82, 2.24) is 15.1 Å². The molecule has 0 radical (unpaired) electrons. The minimum atomic E-state index is -0.0684. The topological polar surface area (TPSA) is 46.9 Å². The first-order valence-corrected chi connectivity index (χ1v) is 9.22. The van der Waals surface area contributed by atoms with Crippen molar-refractivity contribution in [3.8, 4) is 11.3 Å². The highest BCUT2D eigenvalue weighted by Crippen LogP contribution is 2.28. The Labute approximate surface area is 157 Å². The molecule has 1 N–H and O–H groups in total. The number of carbonyl (C=O) groups is 1. The average Bonchev–Trinajstić information content (AvgIpc) is 3.40. The van der Waals surface area contributed by atoms with Crippen LogP contribution in [0.25, 0.3) is 11.3 Å². The molecule has 0 unspecified atom stereocenters. The lowest BCUT2D eigenvalue weighted by Gasteiger charge is -2.04. The summed E-state index contributed by atoms with van der Waals surface area (Å²) in [6.45, 7) is 1.36. The van der Waals surface area contributed by atoms with Gasteiger partial charge in [-0.1, -0.05) is 54.1 Å². The first-order valence-electron chi connectivity index (χ1n) is 8.84. The number of halogens is 1. The highest BCUT2D eigenvalue weighted by atomic mass is 35.5. The average molecular weight is 366 g/mol. The van der Waals surface area contributed by atoms with E-state index in [2.05, 4.69) is 22.5 Å². The third-order valence-electron chi connectivity index (χ3n) is 4.56. The molecule has 1 saturated carbocycles. The molecule has 132 valence electrons. The Balaban J connectivity index is 1.64. The Morgan fingerprint density at radius 1 is 1.12 bits per heavy atom. The summed E-state index contributed by atoms with van der Waals surface area (Å²) in [5.41, 5.74) is 3.31. The zero-order chi connectivity index (χ0) is 17.9. The van der Waals surface area contributed by atoms with Crippen LogP contribution >= 0.6 is 11.6 Å². The predicted octanol–water partition coefficient (Wildman–Crippen LogP) is 4.39. The van der Waals surface area contributed by atoms with Crippen molar-refractivity contribution >= 4 is 17.5 Å². The highest BCUT2D eigenvalue weighted by molar-refractivity contribution is 6.30. The van der Waals surface area contributed by atoms with E-state index in [1.165, 1.54) is 12.8 Å². The van der Waals surface area contributed by atoms with Gasteiger partial charge in [0.2, 0.25) is 0 Å². The lowest BCUT2D eigenvalue weighted by molar-refractivity contribution is 0.0952. The van der Waals surface area contributed by atoms with Gasteiger partial charge in [-0.3, -0.25) is 9.48 Å². The molecule has 1 fully saturated rings. The molecule has 1 aliphatic rings. The number of amides is 1. The van der Waals surface area contributed by atoms with E-state index in [1.807, 2.05) is 53.3 Å². The second-order valence-corrected chi connectivity index (χ2v) is 7.17. The number of hydrogen-bond acceptors (Lipinski definition) is 2. The van der Waals surface area contributed by atoms with E-state index >= 15 is 0 Å². The number of rotatable bonds is 6. The maximum Gasteiger partial charge on any atom is 0.255 e. The fourth-order valence-electron chi connectivity index (χ4n) is 2.91. The molecule has 4 nitrogen and oxygen atoms in total. The van der Waals surface area contributed by atoms with Crippen LogP contribution in [-0.2, 0) is 6.54 Å². The molecule has 0 spiro atoms. The number of aromatic nitrogens is 2. The standard InChI is InChI=1S/C21H20ClN3O/c22-18-10-8-17(9-11-18)20-19(21(26)23-12-15-6-7-15)14-25(24-20)13-16-4-2-1-3-5-16/h1-5,8-11,14-15H,6-7,12-13H2,(H,23,26). The Bertz CT molecular complexity index is 899. The van der Waals surface area contributed by atoms with E-state index in [9.17, 15) is 4.79 Å². The fourth-order valence-corrected chi connectivity index (χ4v) is 3.04. The van der Waals surface area contributed by atoms with Crippen LogP contribution in [0.5, 0.6) is 0 Å². The monoisotopic (exact) mass is 365 g/mol. The number of nitrogens with zero attached hydrogens (tertiary/aromatic N) is 2. The van der Waals surface area contributed by atoms with Crippen molar-refractivity contribution in [3.63, 3.8) is 0 Å². The summed E-state index contributed by atoms with van der Waals surface area (Å²) in [7, 11) is 0. The van der Waals surface area contributed by atoms with Crippen LogP contribution in [0.2, 0.25) is 5.02 Å². The van der Waals surface area contributed by atoms with Crippen LogP contribution in [0.4, 0.5) is 0 Å². The summed E-state index contributed by atoms with van der Waals surface area (Å²) in [4.78, 5) is 12.7. The predicted molar refractivity (Wildman–Crippen MR) is 103 cm³/mol. The first kappa shape index (κ1) is 16.9. The van der Waals surface area contributed by atoms with Gasteiger partial charge in [0.15, 0.2) is 0 Å². The zero-order valence-corrected chi connectivity index (χ0v) is 15.1. The second kappa shape index (κ2) is 7.34. The molecule has 26 heavy (non-hydrogen) atoms. The Kier molecular flexibility index (Phi) is 4.76. The molecule has 1 amide bonds. The zero-order valence-electron chi connectivity index (χ0n) is 14.4. The van der Waals surface area contributed by atoms with Crippen LogP contribution in [0, 0.1) is 5.92 Å². The summed E-state index contributed by atoms with van der Waals surface area (Å²) in [5, 5.41) is 8.39. The molecule has 0 atom stereocenters. The van der Waals surface area contributed by atoms with Crippen molar-refractivity contribution in [3.05, 3.63) is 76.9 Å². The van der Waals surface area contributed by atoms with Gasteiger partial charge in [-0.15, -0.1) is 0 Å². The number of hydrogen-bond donors (Lipinski definition) is 1. The fraction of sp³-hybridized carbons (Fsp3) is 0.238. The van der Waals surface area contributed by atoms with E-state index in [4.69, 9.17) is 11.6 Å². The molecule has 5 heteroatoms. The van der Waals surface area contributed by atoms with Crippen molar-refractivity contribution in [2.75, 3.05) is 6.54 Å². The van der Waals surface area contributed by atoms with Gasteiger partial charge < -0.3 is 5.32 Å². The summed E-state index contributed by atoms with van der Waals surface area (Å²) in [5.74, 6) is 0.568. The van der Waals surface area contributed by atoms with Crippen molar-refractivity contribution in [2.24, 2.45) is 5.92 Å². The third-order valence-corrected chi connectivity index (χ3v) is 4.81. The summed E-state index contributed by atoms with van der Waals surface area (Å²) in [6, 6.07) is 17.5. The Hall–Kier alpha value is -2.59. The molecule has 3 aromatic rings. The third kappa shape index (κ3) is 3.97. The maximum absolute atomic E-state index is 12.7. The summed E-state index contributed by atoms with van der Waals surface area (Å²) < 4.78 is 1.82. The molecule has 1 aliphatic carbocycles. The van der Waals surface area contributed by atoms with Gasteiger partial charge in [0.1, 0.15) is 5.69 Å². The van der Waals surface area contributed by atoms with Crippen LogP contribution in [0.1, 0.15) is 28.8 Å². The van der Waals surface area contributed by atoms with E-state index < -0.39 is 0 Å². The molecule has 0 saturated heterocycles. The summed E-state index contributed by atoms with van der Waals surface area (Å²) in [6.07, 6.45) is 4.24. The van der Waals surface area contributed by atoms with Gasteiger partial charge in [-0.2, -0.15) is 5.10 Å². The molecule has 0 aliphatic heterocycles. The van der Waals surface area contributed by atoms with E-state index in [0.29, 0.717) is 28.7 Å². The van der Waals surface area contributed by atoms with Crippen molar-refractivity contribution in [2.45, 2.75) is 19.4 Å². The van der Waals surface area contributed by atoms with Crippen LogP contribution < -0.4 is 5.32 Å². The molecule has 1 aromatic heterocycles. The maximum atomic E-state index is 12.7. The van der Waals surface area contributed by atoms with Crippen LogP contribution in [0.3, 0.4) is 0 Å². The van der Waals surface area contributed by atoms with Gasteiger partial charge in [0.05, 0.1) is 12.1 Å². The van der Waals surface area contributed by atoms with E-state index in [1.54, 1.807) is 0 Å². The van der Waals surface area contributed by atoms with Gasteiger partial charge in [0.25, 0.3) is 5.91 Å². The van der Waals surface area contributed by atoms with Crippen LogP contribution in [0.15, 0.2) is 60.8 Å². The SMILES string of the molecule is O=C(NCC1CC1)c1cn(Cc2ccccc2)nc1-c1ccc(Cl)cc1. The number of nitrogens with one attached hydrogen (secondary N) is 1. The lowest BCUT2D eigenvalue weighted by Crippen LogP contribution is -2.25. The highest BCUT2D eigenvalue weighted by Gasteiger charge is 2.24. The Morgan fingerprint density at radius 3 is 2.54 bits per heavy atom. The molecule has 4 rings (SSSR count). The van der Waals surface area contributed by atoms with Gasteiger partial charge in [0, 0.05) is 23.3 Å². The minimum Gasteiger partial charge on any atom is -0.352 e. The van der Waals surface area contributed by atoms with Crippen LogP contribution in [-0.4, -0.2) is 22.2 Å². The second-order valence-electron chi connectivity index (χ2n) is 6.73. The first-order chi connectivity index (χ1) is 12.7. The van der Waals surface area contributed by atoms with Gasteiger partial charge >= 0.3 is 0 Å². The molecule has 0 bridgehead atoms. The van der Waals surface area contributed by atoms with E-state index in [-0.39, 0.29) is 5.91 Å². The Morgan fingerprint density at radius 2 is 1.85 bits per heavy atom. The summed E-state index contributed by atoms with van der Waals surface area (Å²) >= 11 is 6.00.